The average molecular weight is 276 g/mol. The molecule has 0 aliphatic rings. The zero-order chi connectivity index (χ0) is 12.1. The summed E-state index contributed by atoms with van der Waals surface area (Å²) in [7, 11) is 0. The van der Waals surface area contributed by atoms with Crippen molar-refractivity contribution in [1.29, 1.82) is 0 Å². The van der Waals surface area contributed by atoms with Crippen LogP contribution in [-0.4, -0.2) is 22.8 Å². The molecule has 0 aliphatic carbocycles. The topological polar surface area (TPSA) is 26.3 Å². The molecule has 1 unspecified atom stereocenters. The standard InChI is InChI=1S/C10H17Cl3O2/c1-4-15-9(14)6-10(2,3)7(11)5-8(12)13/h7-8H,4-6H2,1-3H3. The van der Waals surface area contributed by atoms with E-state index < -0.39 is 4.84 Å². The van der Waals surface area contributed by atoms with E-state index in [9.17, 15) is 4.79 Å². The van der Waals surface area contributed by atoms with Gasteiger partial charge in [0.25, 0.3) is 0 Å². The molecule has 0 bridgehead atoms. The second-order valence-electron chi connectivity index (χ2n) is 4.06. The van der Waals surface area contributed by atoms with Gasteiger partial charge < -0.3 is 4.74 Å². The highest BCUT2D eigenvalue weighted by molar-refractivity contribution is 6.44. The van der Waals surface area contributed by atoms with Gasteiger partial charge in [-0.05, 0) is 18.8 Å². The van der Waals surface area contributed by atoms with Crippen molar-refractivity contribution in [3.8, 4) is 0 Å². The molecule has 15 heavy (non-hydrogen) atoms. The summed E-state index contributed by atoms with van der Waals surface area (Å²) in [6.07, 6.45) is 0.729. The third-order valence-electron chi connectivity index (χ3n) is 2.14. The number of carbonyl (C=O) groups excluding carboxylic acids is 1. The molecule has 0 N–H and O–H groups in total. The maximum Gasteiger partial charge on any atom is 0.306 e. The number of ether oxygens (including phenoxy) is 1. The molecule has 0 aromatic heterocycles. The summed E-state index contributed by atoms with van der Waals surface area (Å²) in [5, 5.41) is -0.248. The zero-order valence-electron chi connectivity index (χ0n) is 9.23. The number of hydrogen-bond acceptors (Lipinski definition) is 2. The van der Waals surface area contributed by atoms with Gasteiger partial charge in [0.1, 0.15) is 4.84 Å². The number of rotatable bonds is 6. The van der Waals surface area contributed by atoms with E-state index in [4.69, 9.17) is 39.5 Å². The molecule has 0 amide bonds. The molecule has 0 spiro atoms. The van der Waals surface area contributed by atoms with Gasteiger partial charge in [0.2, 0.25) is 0 Å². The lowest BCUT2D eigenvalue weighted by molar-refractivity contribution is -0.145. The molecule has 0 aromatic carbocycles. The molecule has 0 aromatic rings. The largest absolute Gasteiger partial charge is 0.466 e. The highest BCUT2D eigenvalue weighted by atomic mass is 35.5. The molecule has 0 saturated heterocycles. The zero-order valence-corrected chi connectivity index (χ0v) is 11.5. The highest BCUT2D eigenvalue weighted by Gasteiger charge is 2.32. The van der Waals surface area contributed by atoms with E-state index >= 15 is 0 Å². The Kier molecular flexibility index (Phi) is 6.98. The number of esters is 1. The lowest BCUT2D eigenvalue weighted by Crippen LogP contribution is -2.29. The molecular formula is C10H17Cl3O2. The first-order valence-corrected chi connectivity index (χ1v) is 6.18. The van der Waals surface area contributed by atoms with Crippen LogP contribution in [0.15, 0.2) is 0 Å². The first-order valence-electron chi connectivity index (χ1n) is 4.87. The van der Waals surface area contributed by atoms with Crippen LogP contribution in [0.5, 0.6) is 0 Å². The Balaban J connectivity index is 4.20. The Hall–Kier alpha value is 0.340. The highest BCUT2D eigenvalue weighted by Crippen LogP contribution is 2.34. The number of halogens is 3. The van der Waals surface area contributed by atoms with E-state index in [1.807, 2.05) is 13.8 Å². The van der Waals surface area contributed by atoms with E-state index in [0.717, 1.165) is 0 Å². The van der Waals surface area contributed by atoms with Crippen molar-refractivity contribution in [1.82, 2.24) is 0 Å². The van der Waals surface area contributed by atoms with Crippen molar-refractivity contribution in [3.63, 3.8) is 0 Å². The molecule has 0 rings (SSSR count). The lowest BCUT2D eigenvalue weighted by Gasteiger charge is -2.29. The first-order chi connectivity index (χ1) is 6.79. The summed E-state index contributed by atoms with van der Waals surface area (Å²) in [4.78, 5) is 10.8. The van der Waals surface area contributed by atoms with Crippen LogP contribution in [0.3, 0.4) is 0 Å². The Morgan fingerprint density at radius 1 is 1.33 bits per heavy atom. The van der Waals surface area contributed by atoms with Gasteiger partial charge in [-0.1, -0.05) is 13.8 Å². The van der Waals surface area contributed by atoms with Gasteiger partial charge in [0.15, 0.2) is 0 Å². The van der Waals surface area contributed by atoms with Crippen molar-refractivity contribution in [2.24, 2.45) is 5.41 Å². The summed E-state index contributed by atoms with van der Waals surface area (Å²) in [6.45, 7) is 5.96. The van der Waals surface area contributed by atoms with Crippen LogP contribution in [0, 0.1) is 5.41 Å². The Bertz CT molecular complexity index is 205. The quantitative estimate of drug-likeness (QED) is 0.545. The molecule has 0 saturated carbocycles. The summed E-state index contributed by atoms with van der Waals surface area (Å²) in [6, 6.07) is 0. The molecule has 0 heterocycles. The smallest absolute Gasteiger partial charge is 0.306 e. The van der Waals surface area contributed by atoms with Gasteiger partial charge in [-0.2, -0.15) is 0 Å². The normalized spacial score (nSPS) is 14.1. The average Bonchev–Trinajstić information content (AvgIpc) is 2.01. The van der Waals surface area contributed by atoms with Gasteiger partial charge >= 0.3 is 5.97 Å². The van der Waals surface area contributed by atoms with Crippen LogP contribution in [0.25, 0.3) is 0 Å². The molecular weight excluding hydrogens is 258 g/mol. The molecule has 0 radical (unpaired) electrons. The van der Waals surface area contributed by atoms with Gasteiger partial charge in [-0.3, -0.25) is 4.79 Å². The van der Waals surface area contributed by atoms with Gasteiger partial charge in [-0.25, -0.2) is 0 Å². The minimum absolute atomic E-state index is 0.242. The van der Waals surface area contributed by atoms with Crippen LogP contribution in [-0.2, 0) is 9.53 Å². The SMILES string of the molecule is CCOC(=O)CC(C)(C)C(Cl)CC(Cl)Cl. The van der Waals surface area contributed by atoms with Crippen LogP contribution in [0.4, 0.5) is 0 Å². The predicted molar refractivity (Wildman–Crippen MR) is 64.8 cm³/mol. The summed E-state index contributed by atoms with van der Waals surface area (Å²) in [5.74, 6) is -0.242. The maximum absolute atomic E-state index is 11.3. The fraction of sp³-hybridized carbons (Fsp3) is 0.900. The lowest BCUT2D eigenvalue weighted by atomic mass is 9.84. The van der Waals surface area contributed by atoms with E-state index in [0.29, 0.717) is 13.0 Å². The minimum Gasteiger partial charge on any atom is -0.466 e. The third kappa shape index (κ3) is 6.49. The predicted octanol–water partition coefficient (Wildman–Crippen LogP) is 3.77. The van der Waals surface area contributed by atoms with Crippen molar-refractivity contribution in [3.05, 3.63) is 0 Å². The van der Waals surface area contributed by atoms with Crippen molar-refractivity contribution >= 4 is 40.8 Å². The summed E-state index contributed by atoms with van der Waals surface area (Å²) >= 11 is 17.4. The number of carbonyl (C=O) groups is 1. The molecule has 1 atom stereocenters. The van der Waals surface area contributed by atoms with E-state index in [2.05, 4.69) is 0 Å². The molecule has 0 fully saturated rings. The number of hydrogen-bond donors (Lipinski definition) is 0. The first kappa shape index (κ1) is 15.3. The Labute approximate surface area is 106 Å². The van der Waals surface area contributed by atoms with Crippen LogP contribution < -0.4 is 0 Å². The van der Waals surface area contributed by atoms with E-state index in [1.54, 1.807) is 6.92 Å². The van der Waals surface area contributed by atoms with Crippen LogP contribution >= 0.6 is 34.8 Å². The fourth-order valence-corrected chi connectivity index (χ4v) is 1.96. The van der Waals surface area contributed by atoms with Gasteiger partial charge in [0, 0.05) is 5.38 Å². The van der Waals surface area contributed by atoms with E-state index in [1.165, 1.54) is 0 Å². The second kappa shape index (κ2) is 6.82. The maximum atomic E-state index is 11.3. The van der Waals surface area contributed by atoms with Crippen LogP contribution in [0.1, 0.15) is 33.6 Å². The fourth-order valence-electron chi connectivity index (χ4n) is 1.17. The summed E-state index contributed by atoms with van der Waals surface area (Å²) < 4.78 is 4.87. The molecule has 2 nitrogen and oxygen atoms in total. The van der Waals surface area contributed by atoms with Gasteiger partial charge in [0.05, 0.1) is 13.0 Å². The van der Waals surface area contributed by atoms with Gasteiger partial charge in [-0.15, -0.1) is 34.8 Å². The van der Waals surface area contributed by atoms with E-state index in [-0.39, 0.29) is 23.2 Å². The van der Waals surface area contributed by atoms with Crippen molar-refractivity contribution < 1.29 is 9.53 Å². The third-order valence-corrected chi connectivity index (χ3v) is 3.26. The Morgan fingerprint density at radius 3 is 2.27 bits per heavy atom. The molecule has 5 heteroatoms. The monoisotopic (exact) mass is 274 g/mol. The molecule has 0 aliphatic heterocycles. The second-order valence-corrected chi connectivity index (χ2v) is 5.87. The number of alkyl halides is 3. The molecule has 90 valence electrons. The van der Waals surface area contributed by atoms with Crippen molar-refractivity contribution in [2.45, 2.75) is 43.8 Å². The Morgan fingerprint density at radius 2 is 1.87 bits per heavy atom. The van der Waals surface area contributed by atoms with Crippen LogP contribution in [0.2, 0.25) is 0 Å². The minimum atomic E-state index is -0.506. The van der Waals surface area contributed by atoms with Crippen molar-refractivity contribution in [2.75, 3.05) is 6.61 Å². The summed E-state index contributed by atoms with van der Waals surface area (Å²) in [5.41, 5.74) is -0.365.